The number of nitrogens with one attached hydrogen (secondary N) is 2. The maximum Gasteiger partial charge on any atom is 0.224 e. The first kappa shape index (κ1) is 17.0. The van der Waals surface area contributed by atoms with Crippen LogP contribution in [0, 0.1) is 19.8 Å². The first-order valence-electron chi connectivity index (χ1n) is 7.13. The van der Waals surface area contributed by atoms with Crippen molar-refractivity contribution in [1.82, 2.24) is 10.6 Å². The Kier molecular flexibility index (Phi) is 6.50. The van der Waals surface area contributed by atoms with Crippen LogP contribution in [0.4, 0.5) is 0 Å². The van der Waals surface area contributed by atoms with Crippen LogP contribution in [0.1, 0.15) is 30.0 Å². The van der Waals surface area contributed by atoms with Gasteiger partial charge in [-0.05, 0) is 51.3 Å². The molecule has 0 spiro atoms. The van der Waals surface area contributed by atoms with E-state index < -0.39 is 0 Å². The van der Waals surface area contributed by atoms with Crippen molar-refractivity contribution >= 4 is 18.3 Å². The van der Waals surface area contributed by atoms with Gasteiger partial charge in [0.05, 0.1) is 5.92 Å². The highest BCUT2D eigenvalue weighted by Crippen LogP contribution is 2.13. The zero-order valence-corrected chi connectivity index (χ0v) is 13.3. The quantitative estimate of drug-likeness (QED) is 0.896. The molecular weight excluding hydrogens is 272 g/mol. The van der Waals surface area contributed by atoms with Crippen molar-refractivity contribution in [3.8, 4) is 0 Å². The lowest BCUT2D eigenvalue weighted by Gasteiger charge is -2.18. The Labute approximate surface area is 127 Å². The fraction of sp³-hybridized carbons (Fsp3) is 0.562. The largest absolute Gasteiger partial charge is 0.353 e. The Morgan fingerprint density at radius 2 is 2.20 bits per heavy atom. The molecule has 2 unspecified atom stereocenters. The SMILES string of the molecule is Cc1ccc(CC(C)NC(=O)C2CCNC2)c(C)c1.Cl. The maximum atomic E-state index is 12.0. The predicted molar refractivity (Wildman–Crippen MR) is 85.4 cm³/mol. The normalized spacial score (nSPS) is 19.2. The average molecular weight is 297 g/mol. The number of hydrogen-bond acceptors (Lipinski definition) is 2. The first-order chi connectivity index (χ1) is 9.06. The molecule has 0 radical (unpaired) electrons. The summed E-state index contributed by atoms with van der Waals surface area (Å²) in [5.74, 6) is 0.351. The third-order valence-corrected chi connectivity index (χ3v) is 3.84. The number of carbonyl (C=O) groups is 1. The molecule has 1 amide bonds. The van der Waals surface area contributed by atoms with Gasteiger partial charge in [0.2, 0.25) is 5.91 Å². The molecule has 0 bridgehead atoms. The highest BCUT2D eigenvalue weighted by Gasteiger charge is 2.23. The van der Waals surface area contributed by atoms with E-state index in [0.29, 0.717) is 0 Å². The Hall–Kier alpha value is -1.06. The van der Waals surface area contributed by atoms with Crippen LogP contribution < -0.4 is 10.6 Å². The molecule has 1 fully saturated rings. The van der Waals surface area contributed by atoms with E-state index in [1.165, 1.54) is 16.7 Å². The minimum absolute atomic E-state index is 0. The molecule has 1 saturated heterocycles. The number of carbonyl (C=O) groups excluding carboxylic acids is 1. The van der Waals surface area contributed by atoms with Gasteiger partial charge >= 0.3 is 0 Å². The van der Waals surface area contributed by atoms with Crippen LogP contribution >= 0.6 is 12.4 Å². The van der Waals surface area contributed by atoms with Gasteiger partial charge in [0.15, 0.2) is 0 Å². The second kappa shape index (κ2) is 7.65. The third kappa shape index (κ3) is 4.50. The lowest BCUT2D eigenvalue weighted by atomic mass is 9.99. The molecule has 3 nitrogen and oxygen atoms in total. The van der Waals surface area contributed by atoms with Gasteiger partial charge in [0.25, 0.3) is 0 Å². The molecule has 112 valence electrons. The van der Waals surface area contributed by atoms with E-state index in [9.17, 15) is 4.79 Å². The summed E-state index contributed by atoms with van der Waals surface area (Å²) in [5, 5.41) is 6.36. The van der Waals surface area contributed by atoms with Crippen molar-refractivity contribution in [2.75, 3.05) is 13.1 Å². The summed E-state index contributed by atoms with van der Waals surface area (Å²) in [5.41, 5.74) is 3.92. The molecule has 1 aromatic rings. The molecule has 2 N–H and O–H groups in total. The van der Waals surface area contributed by atoms with E-state index >= 15 is 0 Å². The summed E-state index contributed by atoms with van der Waals surface area (Å²) in [6.45, 7) is 8.11. The summed E-state index contributed by atoms with van der Waals surface area (Å²) in [4.78, 5) is 12.0. The van der Waals surface area contributed by atoms with Gasteiger partial charge in [-0.25, -0.2) is 0 Å². The number of hydrogen-bond donors (Lipinski definition) is 2. The summed E-state index contributed by atoms with van der Waals surface area (Å²) >= 11 is 0. The molecule has 4 heteroatoms. The van der Waals surface area contributed by atoms with Crippen molar-refractivity contribution in [1.29, 1.82) is 0 Å². The summed E-state index contributed by atoms with van der Waals surface area (Å²) in [6.07, 6.45) is 1.86. The van der Waals surface area contributed by atoms with E-state index in [-0.39, 0.29) is 30.3 Å². The fourth-order valence-electron chi connectivity index (χ4n) is 2.69. The minimum Gasteiger partial charge on any atom is -0.353 e. The van der Waals surface area contributed by atoms with Crippen molar-refractivity contribution < 1.29 is 4.79 Å². The Balaban J connectivity index is 0.00000200. The monoisotopic (exact) mass is 296 g/mol. The second-order valence-electron chi connectivity index (χ2n) is 5.73. The molecule has 1 heterocycles. The van der Waals surface area contributed by atoms with Crippen LogP contribution in [0.3, 0.4) is 0 Å². The summed E-state index contributed by atoms with van der Waals surface area (Å²) in [6, 6.07) is 6.70. The molecule has 0 aliphatic carbocycles. The van der Waals surface area contributed by atoms with E-state index in [1.807, 2.05) is 0 Å². The smallest absolute Gasteiger partial charge is 0.224 e. The van der Waals surface area contributed by atoms with E-state index in [1.54, 1.807) is 0 Å². The predicted octanol–water partition coefficient (Wildman–Crippen LogP) is 2.38. The van der Waals surface area contributed by atoms with Gasteiger partial charge in [-0.1, -0.05) is 23.8 Å². The number of amides is 1. The molecule has 1 aliphatic heterocycles. The van der Waals surface area contributed by atoms with Crippen LogP contribution in [0.2, 0.25) is 0 Å². The van der Waals surface area contributed by atoms with Gasteiger partial charge in [0.1, 0.15) is 0 Å². The van der Waals surface area contributed by atoms with Crippen LogP contribution in [0.15, 0.2) is 18.2 Å². The average Bonchev–Trinajstić information content (AvgIpc) is 2.86. The molecule has 2 atom stereocenters. The van der Waals surface area contributed by atoms with Gasteiger partial charge in [-0.3, -0.25) is 4.79 Å². The van der Waals surface area contributed by atoms with Crippen LogP contribution in [0.5, 0.6) is 0 Å². The number of aryl methyl sites for hydroxylation is 2. The number of benzene rings is 1. The molecular formula is C16H25ClN2O. The first-order valence-corrected chi connectivity index (χ1v) is 7.13. The molecule has 1 aliphatic rings. The van der Waals surface area contributed by atoms with Crippen LogP contribution in [0.25, 0.3) is 0 Å². The van der Waals surface area contributed by atoms with Gasteiger partial charge in [-0.15, -0.1) is 12.4 Å². The van der Waals surface area contributed by atoms with Crippen molar-refractivity contribution in [3.63, 3.8) is 0 Å². The third-order valence-electron chi connectivity index (χ3n) is 3.84. The van der Waals surface area contributed by atoms with E-state index in [0.717, 1.165) is 25.9 Å². The van der Waals surface area contributed by atoms with Crippen LogP contribution in [-0.2, 0) is 11.2 Å². The zero-order valence-electron chi connectivity index (χ0n) is 12.5. The topological polar surface area (TPSA) is 41.1 Å². The highest BCUT2D eigenvalue weighted by molar-refractivity contribution is 5.85. The molecule has 1 aromatic carbocycles. The highest BCUT2D eigenvalue weighted by atomic mass is 35.5. The van der Waals surface area contributed by atoms with Crippen molar-refractivity contribution in [2.45, 2.75) is 39.7 Å². The number of halogens is 1. The minimum atomic E-state index is 0. The molecule has 20 heavy (non-hydrogen) atoms. The standard InChI is InChI=1S/C16H24N2O.ClH/c1-11-4-5-14(12(2)8-11)9-13(3)18-16(19)15-6-7-17-10-15;/h4-5,8,13,15,17H,6-7,9-10H2,1-3H3,(H,18,19);1H. The van der Waals surface area contributed by atoms with E-state index in [2.05, 4.69) is 49.6 Å². The Bertz CT molecular complexity index is 456. The lowest BCUT2D eigenvalue weighted by molar-refractivity contribution is -0.125. The maximum absolute atomic E-state index is 12.0. The summed E-state index contributed by atoms with van der Waals surface area (Å²) in [7, 11) is 0. The Morgan fingerprint density at radius 1 is 1.45 bits per heavy atom. The zero-order chi connectivity index (χ0) is 13.8. The Morgan fingerprint density at radius 3 is 2.80 bits per heavy atom. The van der Waals surface area contributed by atoms with Crippen LogP contribution in [-0.4, -0.2) is 25.0 Å². The lowest BCUT2D eigenvalue weighted by Crippen LogP contribution is -2.39. The second-order valence-corrected chi connectivity index (χ2v) is 5.73. The molecule has 0 aromatic heterocycles. The molecule has 2 rings (SSSR count). The molecule has 0 saturated carbocycles. The fourth-order valence-corrected chi connectivity index (χ4v) is 2.69. The van der Waals surface area contributed by atoms with Gasteiger partial charge in [-0.2, -0.15) is 0 Å². The van der Waals surface area contributed by atoms with Gasteiger partial charge < -0.3 is 10.6 Å². The van der Waals surface area contributed by atoms with Crippen molar-refractivity contribution in [2.24, 2.45) is 5.92 Å². The van der Waals surface area contributed by atoms with E-state index in [4.69, 9.17) is 0 Å². The number of rotatable bonds is 4. The van der Waals surface area contributed by atoms with Crippen molar-refractivity contribution in [3.05, 3.63) is 34.9 Å². The summed E-state index contributed by atoms with van der Waals surface area (Å²) < 4.78 is 0. The van der Waals surface area contributed by atoms with Gasteiger partial charge in [0, 0.05) is 12.6 Å².